The number of aryl methyl sites for hydroxylation is 2. The van der Waals surface area contributed by atoms with Crippen LogP contribution in [-0.2, 0) is 77.3 Å². The molecule has 0 saturated carbocycles. The van der Waals surface area contributed by atoms with Crippen LogP contribution in [-0.4, -0.2) is 26.4 Å². The zero-order chi connectivity index (χ0) is 31.0. The Morgan fingerprint density at radius 2 is 1.00 bits per heavy atom. The fourth-order valence-corrected chi connectivity index (χ4v) is 7.10. The Kier molecular flexibility index (Phi) is 11.2. The van der Waals surface area contributed by atoms with E-state index < -0.39 is 0 Å². The minimum Gasteiger partial charge on any atom is -0.444 e. The summed E-state index contributed by atoms with van der Waals surface area (Å²) in [5.74, 6) is 2.97. The van der Waals surface area contributed by atoms with Crippen molar-refractivity contribution < 1.29 is 51.6 Å². The molecule has 242 valence electrons. The van der Waals surface area contributed by atoms with Crippen LogP contribution < -0.4 is 0 Å². The van der Waals surface area contributed by atoms with Gasteiger partial charge in [0.15, 0.2) is 0 Å². The minimum absolute atomic E-state index is 0. The molecule has 0 amide bonds. The third-order valence-corrected chi connectivity index (χ3v) is 9.68. The molecule has 8 rings (SSSR count). The Labute approximate surface area is 313 Å². The standard InChI is InChI=1S/C44H40O2.2W/c1-29-4-16-42-38(17-29)13-14-39(22-34-11-9-33(10-12-34)21-37-27-46-28-37)44(42)43-24-35(23-40-18-30(2)3-15-41(40)43)19-31-5-7-32(8-6-31)20-36-25-45-26-36;;/h3-18,23-24H,19-22,25-28H2,1-2H3;;/q-2;;. The molecule has 2 nitrogen and oxygen atoms in total. The molecule has 0 atom stereocenters. The van der Waals surface area contributed by atoms with Crippen molar-refractivity contribution in [1.29, 1.82) is 0 Å². The Morgan fingerprint density at radius 3 is 1.56 bits per heavy atom. The van der Waals surface area contributed by atoms with Gasteiger partial charge in [-0.3, -0.25) is 11.8 Å². The second-order valence-electron chi connectivity index (χ2n) is 13.5. The Balaban J connectivity index is 0.00000201. The topological polar surface area (TPSA) is 18.5 Å². The number of fused-ring (bicyclic) bond motifs is 2. The molecule has 2 heterocycles. The maximum absolute atomic E-state index is 5.37. The van der Waals surface area contributed by atoms with Gasteiger partial charge >= 0.3 is 0 Å². The zero-order valence-electron chi connectivity index (χ0n) is 27.7. The van der Waals surface area contributed by atoms with E-state index in [4.69, 9.17) is 9.47 Å². The van der Waals surface area contributed by atoms with Crippen molar-refractivity contribution in [3.63, 3.8) is 0 Å². The fraction of sp³-hybridized carbons (Fsp3) is 0.227. The predicted octanol–water partition coefficient (Wildman–Crippen LogP) is 9.75. The maximum atomic E-state index is 5.37. The van der Waals surface area contributed by atoms with E-state index in [1.54, 1.807) is 0 Å². The third-order valence-electron chi connectivity index (χ3n) is 9.68. The van der Waals surface area contributed by atoms with Gasteiger partial charge in [0.25, 0.3) is 0 Å². The van der Waals surface area contributed by atoms with Gasteiger partial charge in [0.1, 0.15) is 0 Å². The summed E-state index contributed by atoms with van der Waals surface area (Å²) in [4.78, 5) is 0. The van der Waals surface area contributed by atoms with Gasteiger partial charge in [-0.05, 0) is 81.6 Å². The van der Waals surface area contributed by atoms with E-state index in [9.17, 15) is 0 Å². The summed E-state index contributed by atoms with van der Waals surface area (Å²) in [5.41, 5.74) is 13.4. The van der Waals surface area contributed by atoms with Gasteiger partial charge in [-0.15, -0.1) is 12.8 Å². The van der Waals surface area contributed by atoms with Crippen molar-refractivity contribution in [3.8, 4) is 11.1 Å². The van der Waals surface area contributed by atoms with E-state index in [1.807, 2.05) is 0 Å². The first-order valence-electron chi connectivity index (χ1n) is 16.6. The molecule has 2 aliphatic heterocycles. The molecule has 6 aromatic rings. The molecule has 0 aromatic heterocycles. The molecular weight excluding hydrogens is 928 g/mol. The van der Waals surface area contributed by atoms with E-state index in [2.05, 4.69) is 123 Å². The van der Waals surface area contributed by atoms with Crippen LogP contribution in [0.5, 0.6) is 0 Å². The molecule has 0 radical (unpaired) electrons. The number of benzene rings is 6. The van der Waals surface area contributed by atoms with E-state index in [-0.39, 0.29) is 42.1 Å². The summed E-state index contributed by atoms with van der Waals surface area (Å²) >= 11 is 0. The van der Waals surface area contributed by atoms with Crippen LogP contribution >= 0.6 is 0 Å². The summed E-state index contributed by atoms with van der Waals surface area (Å²) < 4.78 is 10.7. The molecule has 0 aliphatic carbocycles. The van der Waals surface area contributed by atoms with E-state index in [0.717, 1.165) is 52.1 Å². The number of hydrogen-bond acceptors (Lipinski definition) is 2. The average Bonchev–Trinajstić information content (AvgIpc) is 3.02. The van der Waals surface area contributed by atoms with E-state index >= 15 is 0 Å². The molecule has 4 heteroatoms. The molecule has 2 saturated heterocycles. The molecule has 2 fully saturated rings. The first kappa shape index (κ1) is 35.0. The molecule has 6 aromatic carbocycles. The zero-order valence-corrected chi connectivity index (χ0v) is 33.5. The van der Waals surface area contributed by atoms with Crippen molar-refractivity contribution in [1.82, 2.24) is 0 Å². The predicted molar refractivity (Wildman–Crippen MR) is 190 cm³/mol. The summed E-state index contributed by atoms with van der Waals surface area (Å²) in [6, 6.07) is 41.8. The van der Waals surface area contributed by atoms with Gasteiger partial charge in [-0.1, -0.05) is 158 Å². The Bertz CT molecular complexity index is 2020. The molecule has 0 bridgehead atoms. The summed E-state index contributed by atoms with van der Waals surface area (Å²) in [6.07, 6.45) is 3.85. The van der Waals surface area contributed by atoms with Crippen LogP contribution in [0.15, 0.2) is 109 Å². The van der Waals surface area contributed by atoms with E-state index in [1.165, 1.54) is 89.0 Å². The fourth-order valence-electron chi connectivity index (χ4n) is 7.10. The molecule has 2 aliphatic rings. The van der Waals surface area contributed by atoms with Crippen molar-refractivity contribution in [2.75, 3.05) is 26.4 Å². The Hall–Kier alpha value is -2.86. The molecule has 0 N–H and O–H groups in total. The largest absolute Gasteiger partial charge is 0.444 e. The normalized spacial score (nSPS) is 14.6. The maximum Gasteiger partial charge on any atom is 0 e. The van der Waals surface area contributed by atoms with Gasteiger partial charge < -0.3 is 9.47 Å². The molecule has 0 unspecified atom stereocenters. The summed E-state index contributed by atoms with van der Waals surface area (Å²) in [6.45, 7) is 7.64. The van der Waals surface area contributed by atoms with Gasteiger partial charge in [0.2, 0.25) is 0 Å². The van der Waals surface area contributed by atoms with Crippen molar-refractivity contribution in [2.45, 2.75) is 39.5 Å². The summed E-state index contributed by atoms with van der Waals surface area (Å²) in [7, 11) is 0. The van der Waals surface area contributed by atoms with Crippen LogP contribution in [0, 0.1) is 25.7 Å². The van der Waals surface area contributed by atoms with Crippen LogP contribution in [0.25, 0.3) is 32.7 Å². The van der Waals surface area contributed by atoms with Crippen LogP contribution in [0.4, 0.5) is 0 Å². The number of hydrogen-bond donors (Lipinski definition) is 0. The van der Waals surface area contributed by atoms with Gasteiger partial charge in [0, 0.05) is 42.1 Å². The number of rotatable bonds is 9. The number of ether oxygens (including phenoxy) is 2. The smallest absolute Gasteiger partial charge is 0 e. The van der Waals surface area contributed by atoms with Crippen LogP contribution in [0.3, 0.4) is 0 Å². The molecular formula is C44H40O2W2-2. The van der Waals surface area contributed by atoms with Crippen molar-refractivity contribution in [3.05, 3.63) is 166 Å². The van der Waals surface area contributed by atoms with Crippen molar-refractivity contribution >= 4 is 21.5 Å². The molecule has 48 heavy (non-hydrogen) atoms. The summed E-state index contributed by atoms with van der Waals surface area (Å²) in [5, 5.41) is 5.24. The minimum atomic E-state index is 0. The average molecular weight is 968 g/mol. The SMILES string of the molecule is Cc1ccc2c(-c3c(Cc4ccc(C[C-]5COC5)cc4)ccc4cc(C)ccc34)cc(Cc3ccc(C[C-]4COC4)cc3)cc2c1.[W].[W]. The van der Waals surface area contributed by atoms with Crippen molar-refractivity contribution in [2.24, 2.45) is 0 Å². The second kappa shape index (κ2) is 15.4. The Morgan fingerprint density at radius 1 is 0.479 bits per heavy atom. The van der Waals surface area contributed by atoms with E-state index in [0.29, 0.717) is 0 Å². The van der Waals surface area contributed by atoms with Gasteiger partial charge in [-0.25, -0.2) is 0 Å². The third kappa shape index (κ3) is 7.64. The van der Waals surface area contributed by atoms with Gasteiger partial charge in [-0.2, -0.15) is 0 Å². The first-order chi connectivity index (χ1) is 22.5. The quantitative estimate of drug-likeness (QED) is 0.135. The second-order valence-corrected chi connectivity index (χ2v) is 13.5. The van der Waals surface area contributed by atoms with Gasteiger partial charge in [0.05, 0.1) is 0 Å². The van der Waals surface area contributed by atoms with Crippen LogP contribution in [0.1, 0.15) is 44.5 Å². The first-order valence-corrected chi connectivity index (χ1v) is 16.6. The molecule has 0 spiro atoms. The monoisotopic (exact) mass is 968 g/mol. The van der Waals surface area contributed by atoms with Crippen LogP contribution in [0.2, 0.25) is 0 Å².